The van der Waals surface area contributed by atoms with Gasteiger partial charge in [0.2, 0.25) is 0 Å². The van der Waals surface area contributed by atoms with Crippen LogP contribution in [0.4, 0.5) is 4.79 Å². The van der Waals surface area contributed by atoms with Crippen molar-refractivity contribution in [3.63, 3.8) is 0 Å². The summed E-state index contributed by atoms with van der Waals surface area (Å²) in [5, 5.41) is 11.6. The van der Waals surface area contributed by atoms with Gasteiger partial charge in [0, 0.05) is 13.2 Å². The van der Waals surface area contributed by atoms with Gasteiger partial charge in [0.25, 0.3) is 0 Å². The molecule has 6 heteroatoms. The van der Waals surface area contributed by atoms with Crippen molar-refractivity contribution in [1.82, 2.24) is 5.32 Å². The van der Waals surface area contributed by atoms with Crippen LogP contribution in [0.1, 0.15) is 18.4 Å². The summed E-state index contributed by atoms with van der Waals surface area (Å²) in [6, 6.07) is 9.38. The number of hydrogen-bond donors (Lipinski definition) is 2. The largest absolute Gasteiger partial charge is 0.481 e. The van der Waals surface area contributed by atoms with Gasteiger partial charge in [-0.15, -0.1) is 0 Å². The van der Waals surface area contributed by atoms with Crippen LogP contribution in [0.15, 0.2) is 30.3 Å². The molecule has 1 aliphatic heterocycles. The number of carbonyl (C=O) groups excluding carboxylic acids is 1. The van der Waals surface area contributed by atoms with Gasteiger partial charge in [-0.25, -0.2) is 4.79 Å². The van der Waals surface area contributed by atoms with Crippen molar-refractivity contribution < 1.29 is 24.2 Å². The van der Waals surface area contributed by atoms with Crippen molar-refractivity contribution in [3.8, 4) is 0 Å². The quantitative estimate of drug-likeness (QED) is 0.864. The first-order valence-electron chi connectivity index (χ1n) is 6.94. The summed E-state index contributed by atoms with van der Waals surface area (Å²) in [5.74, 6) is -1.21. The van der Waals surface area contributed by atoms with Crippen LogP contribution in [0.2, 0.25) is 0 Å². The van der Waals surface area contributed by atoms with Crippen LogP contribution in [0, 0.1) is 5.92 Å². The van der Waals surface area contributed by atoms with E-state index in [1.165, 1.54) is 0 Å². The van der Waals surface area contributed by atoms with E-state index < -0.39 is 18.0 Å². The third-order valence-electron chi connectivity index (χ3n) is 3.40. The Bertz CT molecular complexity index is 476. The van der Waals surface area contributed by atoms with E-state index in [4.69, 9.17) is 14.6 Å². The van der Waals surface area contributed by atoms with Crippen LogP contribution < -0.4 is 5.32 Å². The predicted octanol–water partition coefficient (Wildman–Crippen LogP) is 1.79. The highest BCUT2D eigenvalue weighted by molar-refractivity contribution is 5.70. The molecule has 0 bridgehead atoms. The van der Waals surface area contributed by atoms with Crippen LogP contribution in [-0.2, 0) is 20.9 Å². The van der Waals surface area contributed by atoms with Gasteiger partial charge in [-0.3, -0.25) is 4.79 Å². The van der Waals surface area contributed by atoms with E-state index in [1.54, 1.807) is 0 Å². The van der Waals surface area contributed by atoms with Crippen molar-refractivity contribution in [2.24, 2.45) is 5.92 Å². The average molecular weight is 293 g/mol. The van der Waals surface area contributed by atoms with Crippen molar-refractivity contribution in [2.45, 2.75) is 25.6 Å². The van der Waals surface area contributed by atoms with Gasteiger partial charge in [0.1, 0.15) is 6.61 Å². The molecule has 1 aromatic carbocycles. The number of carboxylic acid groups (broad SMARTS) is 1. The number of ether oxygens (including phenoxy) is 2. The highest BCUT2D eigenvalue weighted by Crippen LogP contribution is 2.19. The molecule has 1 amide bonds. The van der Waals surface area contributed by atoms with Crippen LogP contribution in [-0.4, -0.2) is 36.4 Å². The summed E-state index contributed by atoms with van der Waals surface area (Å²) in [6.45, 7) is 0.871. The highest BCUT2D eigenvalue weighted by Gasteiger charge is 2.27. The molecule has 2 N–H and O–H groups in total. The normalized spacial score (nSPS) is 21.5. The Labute approximate surface area is 123 Å². The number of aliphatic carboxylic acids is 1. The fourth-order valence-corrected chi connectivity index (χ4v) is 2.22. The summed E-state index contributed by atoms with van der Waals surface area (Å²) in [7, 11) is 0. The standard InChI is InChI=1S/C15H19NO5/c17-14(18)12-6-7-20-13(8-12)9-16-15(19)21-10-11-4-2-1-3-5-11/h1-5,12-13H,6-10H2,(H,16,19)(H,17,18)/t12-,13+/m1/s1. The van der Waals surface area contributed by atoms with Gasteiger partial charge in [-0.2, -0.15) is 0 Å². The first-order chi connectivity index (χ1) is 10.1. The lowest BCUT2D eigenvalue weighted by Gasteiger charge is -2.27. The third kappa shape index (κ3) is 5.07. The molecule has 0 spiro atoms. The summed E-state index contributed by atoms with van der Waals surface area (Å²) in [5.41, 5.74) is 0.910. The van der Waals surface area contributed by atoms with E-state index >= 15 is 0 Å². The number of hydrogen-bond acceptors (Lipinski definition) is 4. The molecular weight excluding hydrogens is 274 g/mol. The van der Waals surface area contributed by atoms with E-state index in [-0.39, 0.29) is 19.3 Å². The number of amides is 1. The molecule has 2 atom stereocenters. The number of alkyl carbamates (subject to hydrolysis) is 1. The molecule has 1 saturated heterocycles. The second-order valence-corrected chi connectivity index (χ2v) is 4.99. The SMILES string of the molecule is O=C(NC[C@@H]1C[C@H](C(=O)O)CCO1)OCc1ccccc1. The van der Waals surface area contributed by atoms with Gasteiger partial charge in [-0.1, -0.05) is 30.3 Å². The highest BCUT2D eigenvalue weighted by atomic mass is 16.5. The monoisotopic (exact) mass is 293 g/mol. The van der Waals surface area contributed by atoms with Crippen molar-refractivity contribution in [1.29, 1.82) is 0 Å². The molecule has 0 aliphatic carbocycles. The summed E-state index contributed by atoms with van der Waals surface area (Å²) >= 11 is 0. The summed E-state index contributed by atoms with van der Waals surface area (Å²) < 4.78 is 10.5. The summed E-state index contributed by atoms with van der Waals surface area (Å²) in [6.07, 6.45) is 0.127. The first-order valence-corrected chi connectivity index (χ1v) is 6.94. The maximum Gasteiger partial charge on any atom is 0.407 e. The van der Waals surface area contributed by atoms with Crippen molar-refractivity contribution in [3.05, 3.63) is 35.9 Å². The first kappa shape index (κ1) is 15.3. The second kappa shape index (κ2) is 7.64. The number of rotatable bonds is 5. The average Bonchev–Trinajstić information content (AvgIpc) is 2.52. The summed E-state index contributed by atoms with van der Waals surface area (Å²) in [4.78, 5) is 22.5. The Kier molecular flexibility index (Phi) is 5.57. The molecule has 21 heavy (non-hydrogen) atoms. The molecule has 6 nitrogen and oxygen atoms in total. The molecule has 0 aromatic heterocycles. The van der Waals surface area contributed by atoms with E-state index in [0.29, 0.717) is 19.4 Å². The fourth-order valence-electron chi connectivity index (χ4n) is 2.22. The minimum atomic E-state index is -0.810. The van der Waals surface area contributed by atoms with E-state index in [9.17, 15) is 9.59 Å². The Balaban J connectivity index is 1.68. The van der Waals surface area contributed by atoms with Gasteiger partial charge in [0.15, 0.2) is 0 Å². The molecule has 0 radical (unpaired) electrons. The zero-order chi connectivity index (χ0) is 15.1. The van der Waals surface area contributed by atoms with Crippen LogP contribution >= 0.6 is 0 Å². The molecule has 1 aromatic rings. The lowest BCUT2D eigenvalue weighted by molar-refractivity contribution is -0.146. The molecule has 114 valence electrons. The molecule has 1 aliphatic rings. The van der Waals surface area contributed by atoms with Gasteiger partial charge >= 0.3 is 12.1 Å². The maximum atomic E-state index is 11.6. The van der Waals surface area contributed by atoms with Crippen molar-refractivity contribution in [2.75, 3.05) is 13.2 Å². The number of nitrogens with one attached hydrogen (secondary N) is 1. The minimum Gasteiger partial charge on any atom is -0.481 e. The Hall–Kier alpha value is -2.08. The van der Waals surface area contributed by atoms with Crippen LogP contribution in [0.3, 0.4) is 0 Å². The van der Waals surface area contributed by atoms with Gasteiger partial charge in [0.05, 0.1) is 12.0 Å². The van der Waals surface area contributed by atoms with E-state index in [0.717, 1.165) is 5.56 Å². The Morgan fingerprint density at radius 1 is 1.33 bits per heavy atom. The van der Waals surface area contributed by atoms with Crippen molar-refractivity contribution >= 4 is 12.1 Å². The van der Waals surface area contributed by atoms with E-state index in [1.807, 2.05) is 30.3 Å². The smallest absolute Gasteiger partial charge is 0.407 e. The third-order valence-corrected chi connectivity index (χ3v) is 3.40. The molecule has 1 fully saturated rings. The number of benzene rings is 1. The van der Waals surface area contributed by atoms with Gasteiger partial charge < -0.3 is 19.9 Å². The molecule has 1 heterocycles. The number of carbonyl (C=O) groups is 2. The molecule has 0 saturated carbocycles. The Morgan fingerprint density at radius 2 is 2.10 bits per heavy atom. The van der Waals surface area contributed by atoms with Crippen LogP contribution in [0.5, 0.6) is 0 Å². The maximum absolute atomic E-state index is 11.6. The number of carboxylic acids is 1. The fraction of sp³-hybridized carbons (Fsp3) is 0.467. The Morgan fingerprint density at radius 3 is 2.81 bits per heavy atom. The molecule has 2 rings (SSSR count). The lowest BCUT2D eigenvalue weighted by atomic mass is 9.96. The zero-order valence-corrected chi connectivity index (χ0v) is 11.7. The zero-order valence-electron chi connectivity index (χ0n) is 11.7. The predicted molar refractivity (Wildman–Crippen MR) is 74.7 cm³/mol. The lowest BCUT2D eigenvalue weighted by Crippen LogP contribution is -2.39. The van der Waals surface area contributed by atoms with Gasteiger partial charge in [-0.05, 0) is 18.4 Å². The molecule has 0 unspecified atom stereocenters. The second-order valence-electron chi connectivity index (χ2n) is 4.99. The van der Waals surface area contributed by atoms with E-state index in [2.05, 4.69) is 5.32 Å². The minimum absolute atomic E-state index is 0.204. The topological polar surface area (TPSA) is 84.9 Å². The van der Waals surface area contributed by atoms with Crippen LogP contribution in [0.25, 0.3) is 0 Å². The molecular formula is C15H19NO5.